The molecular weight excluding hydrogens is 394 g/mol. The lowest BCUT2D eigenvalue weighted by atomic mass is 10.3. The molecule has 0 atom stereocenters. The van der Waals surface area contributed by atoms with Crippen molar-refractivity contribution in [3.63, 3.8) is 0 Å². The molecule has 3 rings (SSSR count). The molecule has 144 valence electrons. The normalized spacial score (nSPS) is 15.5. The molecule has 1 aliphatic heterocycles. The molecule has 1 saturated heterocycles. The summed E-state index contributed by atoms with van der Waals surface area (Å²) in [5.41, 5.74) is -0.211. The largest absolute Gasteiger partial charge is 0.477 e. The molecule has 0 aliphatic carbocycles. The highest BCUT2D eigenvalue weighted by molar-refractivity contribution is 7.91. The van der Waals surface area contributed by atoms with Crippen LogP contribution in [-0.2, 0) is 14.8 Å². The van der Waals surface area contributed by atoms with Crippen molar-refractivity contribution in [1.29, 1.82) is 0 Å². The Morgan fingerprint density at radius 2 is 1.85 bits per heavy atom. The number of nitro groups is 1. The quantitative estimate of drug-likeness (QED) is 0.527. The van der Waals surface area contributed by atoms with Gasteiger partial charge in [-0.05, 0) is 17.5 Å². The molecule has 1 aromatic carbocycles. The van der Waals surface area contributed by atoms with Gasteiger partial charge in [0.2, 0.25) is 0 Å². The van der Waals surface area contributed by atoms with Crippen LogP contribution in [0, 0.1) is 10.1 Å². The number of nitrogens with zero attached hydrogens (tertiary/aromatic N) is 3. The number of sulfonamides is 1. The summed E-state index contributed by atoms with van der Waals surface area (Å²) in [6.07, 6.45) is 0. The third kappa shape index (κ3) is 4.26. The van der Waals surface area contributed by atoms with E-state index in [4.69, 9.17) is 4.74 Å². The van der Waals surface area contributed by atoms with Crippen LogP contribution in [0.15, 0.2) is 46.0 Å². The SMILES string of the molecule is O=C(COc1ccccc1[N+](=O)[O-])N1CCN(S(=O)(=O)c2cccs2)CC1. The molecule has 0 N–H and O–H groups in total. The standard InChI is InChI=1S/C16H17N3O6S2/c20-15(12-25-14-5-2-1-4-13(14)19(21)22)17-7-9-18(10-8-17)27(23,24)16-6-3-11-26-16/h1-6,11H,7-10,12H2. The maximum Gasteiger partial charge on any atom is 0.310 e. The first-order valence-corrected chi connectivity index (χ1v) is 10.4. The first-order chi connectivity index (χ1) is 12.9. The second-order valence-corrected chi connectivity index (χ2v) is 8.84. The van der Waals surface area contributed by atoms with Crippen LogP contribution in [0.1, 0.15) is 0 Å². The molecule has 1 aliphatic rings. The van der Waals surface area contributed by atoms with Crippen LogP contribution in [0.4, 0.5) is 5.69 Å². The first kappa shape index (κ1) is 19.3. The molecule has 1 fully saturated rings. The topological polar surface area (TPSA) is 110 Å². The lowest BCUT2D eigenvalue weighted by Gasteiger charge is -2.33. The summed E-state index contributed by atoms with van der Waals surface area (Å²) in [4.78, 5) is 24.2. The number of ether oxygens (including phenoxy) is 1. The second kappa shape index (κ2) is 8.03. The molecule has 9 nitrogen and oxygen atoms in total. The van der Waals surface area contributed by atoms with Gasteiger partial charge in [0.05, 0.1) is 4.92 Å². The van der Waals surface area contributed by atoms with E-state index in [1.54, 1.807) is 23.6 Å². The van der Waals surface area contributed by atoms with Gasteiger partial charge in [0.25, 0.3) is 15.9 Å². The van der Waals surface area contributed by atoms with E-state index in [2.05, 4.69) is 0 Å². The van der Waals surface area contributed by atoms with E-state index >= 15 is 0 Å². The lowest BCUT2D eigenvalue weighted by molar-refractivity contribution is -0.385. The minimum atomic E-state index is -3.53. The number of thiophene rings is 1. The number of rotatable bonds is 6. The van der Waals surface area contributed by atoms with Gasteiger partial charge in [-0.3, -0.25) is 14.9 Å². The minimum Gasteiger partial charge on any atom is -0.477 e. The van der Waals surface area contributed by atoms with Crippen LogP contribution in [0.25, 0.3) is 0 Å². The smallest absolute Gasteiger partial charge is 0.310 e. The number of piperazine rings is 1. The fourth-order valence-electron chi connectivity index (χ4n) is 2.68. The van der Waals surface area contributed by atoms with E-state index < -0.39 is 14.9 Å². The Balaban J connectivity index is 1.56. The highest BCUT2D eigenvalue weighted by atomic mass is 32.2. The van der Waals surface area contributed by atoms with E-state index in [9.17, 15) is 23.3 Å². The van der Waals surface area contributed by atoms with E-state index in [1.165, 1.54) is 27.4 Å². The number of amides is 1. The van der Waals surface area contributed by atoms with E-state index in [0.717, 1.165) is 11.3 Å². The summed E-state index contributed by atoms with van der Waals surface area (Å²) >= 11 is 1.15. The summed E-state index contributed by atoms with van der Waals surface area (Å²) in [6.45, 7) is 0.519. The summed E-state index contributed by atoms with van der Waals surface area (Å²) < 4.78 is 31.9. The van der Waals surface area contributed by atoms with Gasteiger partial charge in [0.1, 0.15) is 4.21 Å². The van der Waals surface area contributed by atoms with E-state index in [0.29, 0.717) is 0 Å². The van der Waals surface area contributed by atoms with Crippen LogP contribution >= 0.6 is 11.3 Å². The number of hydrogen-bond acceptors (Lipinski definition) is 7. The zero-order valence-electron chi connectivity index (χ0n) is 14.2. The van der Waals surface area contributed by atoms with Gasteiger partial charge in [-0.25, -0.2) is 8.42 Å². The summed E-state index contributed by atoms with van der Waals surface area (Å²) in [5, 5.41) is 12.7. The van der Waals surface area contributed by atoms with Gasteiger partial charge in [-0.2, -0.15) is 4.31 Å². The molecule has 0 unspecified atom stereocenters. The predicted octanol–water partition coefficient (Wildman–Crippen LogP) is 1.57. The van der Waals surface area contributed by atoms with Crippen LogP contribution in [0.3, 0.4) is 0 Å². The predicted molar refractivity (Wildman–Crippen MR) is 98.2 cm³/mol. The van der Waals surface area contributed by atoms with Crippen molar-refractivity contribution in [3.05, 3.63) is 51.9 Å². The minimum absolute atomic E-state index is 0.0229. The number of carbonyl (C=O) groups excluding carboxylic acids is 1. The summed E-state index contributed by atoms with van der Waals surface area (Å²) in [7, 11) is -3.53. The van der Waals surface area contributed by atoms with Crippen molar-refractivity contribution in [2.75, 3.05) is 32.8 Å². The molecule has 27 heavy (non-hydrogen) atoms. The van der Waals surface area contributed by atoms with Gasteiger partial charge < -0.3 is 9.64 Å². The van der Waals surface area contributed by atoms with Crippen molar-refractivity contribution in [2.45, 2.75) is 4.21 Å². The lowest BCUT2D eigenvalue weighted by Crippen LogP contribution is -2.51. The maximum atomic E-state index is 12.5. The van der Waals surface area contributed by atoms with Crippen molar-refractivity contribution in [3.8, 4) is 5.75 Å². The molecule has 0 bridgehead atoms. The Labute approximate surface area is 160 Å². The number of hydrogen-bond donors (Lipinski definition) is 0. The molecule has 0 spiro atoms. The van der Waals surface area contributed by atoms with E-state index in [-0.39, 0.29) is 54.3 Å². The Hall–Kier alpha value is -2.50. The zero-order chi connectivity index (χ0) is 19.4. The average molecular weight is 411 g/mol. The molecule has 2 heterocycles. The fourth-order valence-corrected chi connectivity index (χ4v) is 5.24. The van der Waals surface area contributed by atoms with Crippen LogP contribution in [-0.4, -0.2) is 61.2 Å². The van der Waals surface area contributed by atoms with Gasteiger partial charge in [-0.15, -0.1) is 11.3 Å². The molecule has 0 radical (unpaired) electrons. The summed E-state index contributed by atoms with van der Waals surface area (Å²) in [6, 6.07) is 9.06. The number of nitro benzene ring substituents is 1. The van der Waals surface area contributed by atoms with Crippen LogP contribution in [0.2, 0.25) is 0 Å². The van der Waals surface area contributed by atoms with Crippen LogP contribution in [0.5, 0.6) is 5.75 Å². The van der Waals surface area contributed by atoms with Crippen molar-refractivity contribution < 1.29 is 22.9 Å². The Kier molecular flexibility index (Phi) is 5.73. The number of benzene rings is 1. The van der Waals surface area contributed by atoms with Crippen molar-refractivity contribution in [2.24, 2.45) is 0 Å². The average Bonchev–Trinajstić information content (AvgIpc) is 3.22. The van der Waals surface area contributed by atoms with E-state index in [1.807, 2.05) is 0 Å². The van der Waals surface area contributed by atoms with Crippen molar-refractivity contribution >= 4 is 33.0 Å². The van der Waals surface area contributed by atoms with Gasteiger partial charge in [0.15, 0.2) is 12.4 Å². The first-order valence-electron chi connectivity index (χ1n) is 8.07. The maximum absolute atomic E-state index is 12.5. The molecule has 11 heteroatoms. The van der Waals surface area contributed by atoms with Gasteiger partial charge >= 0.3 is 5.69 Å². The third-order valence-electron chi connectivity index (χ3n) is 4.09. The second-order valence-electron chi connectivity index (χ2n) is 5.73. The highest BCUT2D eigenvalue weighted by Crippen LogP contribution is 2.26. The van der Waals surface area contributed by atoms with Gasteiger partial charge in [-0.1, -0.05) is 18.2 Å². The monoisotopic (exact) mass is 411 g/mol. The van der Waals surface area contributed by atoms with Crippen LogP contribution < -0.4 is 4.74 Å². The zero-order valence-corrected chi connectivity index (χ0v) is 15.8. The number of carbonyl (C=O) groups is 1. The fraction of sp³-hybridized carbons (Fsp3) is 0.312. The van der Waals surface area contributed by atoms with Crippen molar-refractivity contribution in [1.82, 2.24) is 9.21 Å². The Morgan fingerprint density at radius 3 is 2.48 bits per heavy atom. The van der Waals surface area contributed by atoms with Gasteiger partial charge in [0, 0.05) is 32.2 Å². The molecule has 1 amide bonds. The molecule has 1 aromatic heterocycles. The molecule has 0 saturated carbocycles. The number of para-hydroxylation sites is 2. The molecule has 2 aromatic rings. The Bertz CT molecular complexity index is 921. The highest BCUT2D eigenvalue weighted by Gasteiger charge is 2.31. The summed E-state index contributed by atoms with van der Waals surface area (Å²) in [5.74, 6) is -0.323. The molecular formula is C16H17N3O6S2. The third-order valence-corrected chi connectivity index (χ3v) is 7.37. The Morgan fingerprint density at radius 1 is 1.15 bits per heavy atom.